The molecule has 2 saturated heterocycles. The van der Waals surface area contributed by atoms with Gasteiger partial charge in [-0.1, -0.05) is 41.5 Å². The Bertz CT molecular complexity index is 600. The van der Waals surface area contributed by atoms with E-state index >= 15 is 0 Å². The minimum absolute atomic E-state index is 0.140. The van der Waals surface area contributed by atoms with Crippen molar-refractivity contribution < 1.29 is 18.7 Å². The summed E-state index contributed by atoms with van der Waals surface area (Å²) in [6, 6.07) is 0.418. The molecule has 2 aliphatic heterocycles. The molecule has 0 spiro atoms. The van der Waals surface area contributed by atoms with Crippen LogP contribution in [0.4, 0.5) is 4.79 Å². The van der Waals surface area contributed by atoms with Crippen LogP contribution in [0.25, 0.3) is 0 Å². The second-order valence-electron chi connectivity index (χ2n) is 12.2. The van der Waals surface area contributed by atoms with Gasteiger partial charge < -0.3 is 18.8 Å². The summed E-state index contributed by atoms with van der Waals surface area (Å²) in [5.41, 5.74) is 1.29. The number of rotatable bonds is 6. The average Bonchev–Trinajstić information content (AvgIpc) is 3.04. The predicted octanol–water partition coefficient (Wildman–Crippen LogP) is 6.37. The molecule has 180 valence electrons. The summed E-state index contributed by atoms with van der Waals surface area (Å²) in [4.78, 5) is 15.2. The van der Waals surface area contributed by atoms with Crippen LogP contribution in [-0.2, 0) is 13.9 Å². The lowest BCUT2D eigenvalue weighted by molar-refractivity contribution is -0.130. The van der Waals surface area contributed by atoms with Gasteiger partial charge in [-0.25, -0.2) is 4.79 Å². The SMILES string of the molecule is COC1[C@H]2CC(O[Si](C(C)C)(C(C)C)C(C)C)C[C@@H]1[C@H]1CC[C@@H]2N1C(=O)OC(C)(C)C. The Morgan fingerprint density at radius 2 is 1.35 bits per heavy atom. The van der Waals surface area contributed by atoms with Gasteiger partial charge in [-0.2, -0.15) is 0 Å². The molecule has 1 aliphatic carbocycles. The van der Waals surface area contributed by atoms with Gasteiger partial charge in [-0.15, -0.1) is 0 Å². The molecule has 31 heavy (non-hydrogen) atoms. The molecule has 0 N–H and O–H groups in total. The number of nitrogens with zero attached hydrogens (tertiary/aromatic N) is 1. The zero-order valence-corrected chi connectivity index (χ0v) is 22.6. The van der Waals surface area contributed by atoms with Gasteiger partial charge in [0.1, 0.15) is 5.60 Å². The summed E-state index contributed by atoms with van der Waals surface area (Å²) in [5, 5.41) is 0. The lowest BCUT2D eigenvalue weighted by Crippen LogP contribution is -2.64. The fraction of sp³-hybridized carbons (Fsp3) is 0.960. The summed E-state index contributed by atoms with van der Waals surface area (Å²) >= 11 is 0. The Labute approximate surface area is 191 Å². The van der Waals surface area contributed by atoms with Gasteiger partial charge in [0, 0.05) is 37.1 Å². The van der Waals surface area contributed by atoms with Gasteiger partial charge >= 0.3 is 6.09 Å². The zero-order chi connectivity index (χ0) is 23.3. The number of amides is 1. The molecule has 0 aromatic heterocycles. The highest BCUT2D eigenvalue weighted by molar-refractivity contribution is 6.77. The maximum atomic E-state index is 13.1. The monoisotopic (exact) mass is 453 g/mol. The Balaban J connectivity index is 1.86. The van der Waals surface area contributed by atoms with E-state index in [1.165, 1.54) is 0 Å². The number of piperidine rings is 1. The van der Waals surface area contributed by atoms with E-state index in [2.05, 4.69) is 46.4 Å². The minimum Gasteiger partial charge on any atom is -0.444 e. The third-order valence-electron chi connectivity index (χ3n) is 8.33. The van der Waals surface area contributed by atoms with Crippen molar-refractivity contribution in [2.75, 3.05) is 7.11 Å². The predicted molar refractivity (Wildman–Crippen MR) is 128 cm³/mol. The van der Waals surface area contributed by atoms with E-state index in [-0.39, 0.29) is 30.4 Å². The van der Waals surface area contributed by atoms with Crippen LogP contribution in [0.5, 0.6) is 0 Å². The number of ether oxygens (including phenoxy) is 2. The molecule has 2 heterocycles. The first-order chi connectivity index (χ1) is 14.3. The molecular weight excluding hydrogens is 406 g/mol. The summed E-state index contributed by atoms with van der Waals surface area (Å²) in [5.74, 6) is 0.663. The summed E-state index contributed by atoms with van der Waals surface area (Å²) in [6.07, 6.45) is 4.46. The van der Waals surface area contributed by atoms with E-state index in [1.54, 1.807) is 0 Å². The molecule has 0 aromatic rings. The standard InChI is InChI=1S/C25H47NO4Si/c1-15(2)31(16(3)4,17(5)6)30-18-13-19-21-11-12-22(20(14-18)23(19)28-10)26(21)24(27)29-25(7,8)9/h15-23H,11-14H2,1-10H3/t18?,19-,20+,21-,22+,23?. The Kier molecular flexibility index (Phi) is 7.25. The third kappa shape index (κ3) is 4.46. The normalized spacial score (nSPS) is 33.5. The molecule has 0 aromatic carbocycles. The highest BCUT2D eigenvalue weighted by Crippen LogP contribution is 2.53. The molecule has 0 radical (unpaired) electrons. The molecule has 5 nitrogen and oxygen atoms in total. The second-order valence-corrected chi connectivity index (χ2v) is 17.6. The largest absolute Gasteiger partial charge is 0.444 e. The molecule has 3 rings (SSSR count). The van der Waals surface area contributed by atoms with Crippen molar-refractivity contribution in [2.24, 2.45) is 11.8 Å². The van der Waals surface area contributed by atoms with Crippen LogP contribution in [0.15, 0.2) is 0 Å². The van der Waals surface area contributed by atoms with E-state index in [1.807, 2.05) is 27.9 Å². The van der Waals surface area contributed by atoms with Crippen LogP contribution in [-0.4, -0.2) is 56.3 Å². The Hall–Kier alpha value is -0.593. The first-order valence-electron chi connectivity index (χ1n) is 12.5. The van der Waals surface area contributed by atoms with Crippen molar-refractivity contribution in [1.29, 1.82) is 0 Å². The van der Waals surface area contributed by atoms with Crippen LogP contribution >= 0.6 is 0 Å². The average molecular weight is 454 g/mol. The Morgan fingerprint density at radius 1 is 0.903 bits per heavy atom. The third-order valence-corrected chi connectivity index (χ3v) is 14.5. The van der Waals surface area contributed by atoms with E-state index in [0.29, 0.717) is 28.5 Å². The number of carbonyl (C=O) groups excluding carboxylic acids is 1. The highest BCUT2D eigenvalue weighted by Gasteiger charge is 2.59. The lowest BCUT2D eigenvalue weighted by Gasteiger charge is -2.55. The van der Waals surface area contributed by atoms with Crippen molar-refractivity contribution in [1.82, 2.24) is 4.90 Å². The molecule has 2 unspecified atom stereocenters. The maximum absolute atomic E-state index is 13.1. The molecule has 6 atom stereocenters. The molecule has 4 bridgehead atoms. The summed E-state index contributed by atoms with van der Waals surface area (Å²) < 4.78 is 19.1. The quantitative estimate of drug-likeness (QED) is 0.438. The van der Waals surface area contributed by atoms with Crippen molar-refractivity contribution in [3.8, 4) is 0 Å². The topological polar surface area (TPSA) is 48.0 Å². The lowest BCUT2D eigenvalue weighted by atomic mass is 9.69. The smallest absolute Gasteiger partial charge is 0.410 e. The Morgan fingerprint density at radius 3 is 1.71 bits per heavy atom. The van der Waals surface area contributed by atoms with E-state index in [9.17, 15) is 4.79 Å². The van der Waals surface area contributed by atoms with Gasteiger partial charge in [0.15, 0.2) is 0 Å². The number of methoxy groups -OCH3 is 1. The number of hydrogen-bond donors (Lipinski definition) is 0. The number of hydrogen-bond acceptors (Lipinski definition) is 4. The fourth-order valence-corrected chi connectivity index (χ4v) is 13.1. The zero-order valence-electron chi connectivity index (χ0n) is 21.6. The second kappa shape index (κ2) is 8.98. The highest BCUT2D eigenvalue weighted by atomic mass is 28.4. The van der Waals surface area contributed by atoms with Crippen LogP contribution < -0.4 is 0 Å². The molecule has 3 aliphatic rings. The fourth-order valence-electron chi connectivity index (χ4n) is 7.48. The van der Waals surface area contributed by atoms with Crippen LogP contribution in [0.1, 0.15) is 88.0 Å². The van der Waals surface area contributed by atoms with Crippen LogP contribution in [0.2, 0.25) is 16.6 Å². The van der Waals surface area contributed by atoms with Crippen molar-refractivity contribution in [3.05, 3.63) is 0 Å². The van der Waals surface area contributed by atoms with Crippen LogP contribution in [0, 0.1) is 11.8 Å². The van der Waals surface area contributed by atoms with Crippen LogP contribution in [0.3, 0.4) is 0 Å². The molecule has 1 saturated carbocycles. The van der Waals surface area contributed by atoms with Crippen molar-refractivity contribution in [3.63, 3.8) is 0 Å². The first kappa shape index (κ1) is 25.0. The minimum atomic E-state index is -1.94. The van der Waals surface area contributed by atoms with Crippen molar-refractivity contribution in [2.45, 2.75) is 135 Å². The first-order valence-corrected chi connectivity index (χ1v) is 14.7. The summed E-state index contributed by atoms with van der Waals surface area (Å²) in [6.45, 7) is 20.0. The van der Waals surface area contributed by atoms with Crippen molar-refractivity contribution >= 4 is 14.4 Å². The molecule has 6 heteroatoms. The van der Waals surface area contributed by atoms with Gasteiger partial charge in [0.05, 0.1) is 6.10 Å². The van der Waals surface area contributed by atoms with E-state index in [0.717, 1.165) is 25.7 Å². The van der Waals surface area contributed by atoms with Gasteiger partial charge in [-0.3, -0.25) is 0 Å². The number of fused-ring (bicyclic) bond motifs is 6. The van der Waals surface area contributed by atoms with E-state index < -0.39 is 13.9 Å². The summed E-state index contributed by atoms with van der Waals surface area (Å²) in [7, 11) is -0.0843. The molecular formula is C25H47NO4Si. The van der Waals surface area contributed by atoms with Gasteiger partial charge in [0.2, 0.25) is 8.32 Å². The number of carbonyl (C=O) groups is 1. The van der Waals surface area contributed by atoms with Gasteiger partial charge in [-0.05, 0) is 63.1 Å². The maximum Gasteiger partial charge on any atom is 0.410 e. The van der Waals surface area contributed by atoms with Gasteiger partial charge in [0.25, 0.3) is 0 Å². The molecule has 1 amide bonds. The molecule has 3 fully saturated rings. The van der Waals surface area contributed by atoms with E-state index in [4.69, 9.17) is 13.9 Å².